The summed E-state index contributed by atoms with van der Waals surface area (Å²) in [4.78, 5) is 38.1. The summed E-state index contributed by atoms with van der Waals surface area (Å²) >= 11 is 1.19. The van der Waals surface area contributed by atoms with Gasteiger partial charge in [0.05, 0.1) is 16.6 Å². The number of aromatic carboxylic acids is 1. The Morgan fingerprint density at radius 2 is 1.96 bits per heavy atom. The Labute approximate surface area is 152 Å². The second-order valence-corrected chi connectivity index (χ2v) is 7.67. The summed E-state index contributed by atoms with van der Waals surface area (Å²) in [5, 5.41) is 16.9. The number of nitrogens with one attached hydrogen (secondary N) is 1. The van der Waals surface area contributed by atoms with E-state index in [1.54, 1.807) is 0 Å². The van der Waals surface area contributed by atoms with E-state index in [1.807, 2.05) is 27.7 Å². The molecular weight excluding hydrogens is 356 g/mol. The molecule has 0 unspecified atom stereocenters. The zero-order chi connectivity index (χ0) is 19.3. The number of hydrogen-bond acceptors (Lipinski definition) is 5. The first-order valence-corrected chi connectivity index (χ1v) is 8.97. The van der Waals surface area contributed by atoms with E-state index in [1.165, 1.54) is 23.0 Å². The van der Waals surface area contributed by atoms with Gasteiger partial charge >= 0.3 is 11.7 Å². The normalized spacial score (nSPS) is 11.6. The van der Waals surface area contributed by atoms with Crippen LogP contribution in [0.4, 0.5) is 0 Å². The van der Waals surface area contributed by atoms with Crippen LogP contribution in [-0.4, -0.2) is 30.4 Å². The molecule has 0 radical (unpaired) electrons. The molecule has 138 valence electrons. The molecule has 0 atom stereocenters. The predicted molar refractivity (Wildman–Crippen MR) is 99.5 cm³/mol. The lowest BCUT2D eigenvalue weighted by Crippen LogP contribution is -2.38. The minimum absolute atomic E-state index is 0.0278. The van der Waals surface area contributed by atoms with Crippen molar-refractivity contribution < 1.29 is 9.90 Å². The average Bonchev–Trinajstić information content (AvgIpc) is 3.08. The summed E-state index contributed by atoms with van der Waals surface area (Å²) in [5.41, 5.74) is 1.48. The Morgan fingerprint density at radius 1 is 1.31 bits per heavy atom. The fourth-order valence-electron chi connectivity index (χ4n) is 3.14. The molecule has 3 rings (SSSR count). The minimum atomic E-state index is -1.17. The number of aromatic amines is 1. The average molecular weight is 376 g/mol. The van der Waals surface area contributed by atoms with Gasteiger partial charge in [-0.15, -0.1) is 11.3 Å². The maximum Gasteiger partial charge on any atom is 0.337 e. The number of thiophene rings is 1. The van der Waals surface area contributed by atoms with Crippen LogP contribution >= 0.6 is 11.3 Å². The molecule has 0 amide bonds. The summed E-state index contributed by atoms with van der Waals surface area (Å²) in [6, 6.07) is -0.206. The fourth-order valence-corrected chi connectivity index (χ4v) is 4.56. The molecule has 0 aliphatic rings. The van der Waals surface area contributed by atoms with Gasteiger partial charge in [-0.1, -0.05) is 0 Å². The number of hydrogen-bond donors (Lipinski definition) is 2. The van der Waals surface area contributed by atoms with Crippen molar-refractivity contribution in [3.05, 3.63) is 48.2 Å². The van der Waals surface area contributed by atoms with Gasteiger partial charge in [0, 0.05) is 35.6 Å². The van der Waals surface area contributed by atoms with Crippen molar-refractivity contribution in [2.24, 2.45) is 7.05 Å². The third-order valence-electron chi connectivity index (χ3n) is 4.54. The molecule has 0 aromatic carbocycles. The lowest BCUT2D eigenvalue weighted by molar-refractivity contribution is 0.0698. The van der Waals surface area contributed by atoms with Crippen LogP contribution in [0.5, 0.6) is 0 Å². The Balaban J connectivity index is 2.42. The molecule has 2 N–H and O–H groups in total. The van der Waals surface area contributed by atoms with Crippen molar-refractivity contribution in [3.63, 3.8) is 0 Å². The van der Waals surface area contributed by atoms with Crippen molar-refractivity contribution in [2.45, 2.75) is 40.2 Å². The van der Waals surface area contributed by atoms with Crippen molar-refractivity contribution in [1.82, 2.24) is 19.3 Å². The van der Waals surface area contributed by atoms with Gasteiger partial charge in [-0.3, -0.25) is 19.0 Å². The molecule has 3 heterocycles. The van der Waals surface area contributed by atoms with Crippen LogP contribution < -0.4 is 11.2 Å². The van der Waals surface area contributed by atoms with Gasteiger partial charge in [0.15, 0.2) is 0 Å². The zero-order valence-electron chi connectivity index (χ0n) is 15.2. The van der Waals surface area contributed by atoms with E-state index in [-0.39, 0.29) is 17.0 Å². The maximum absolute atomic E-state index is 12.7. The third kappa shape index (κ3) is 2.59. The predicted octanol–water partition coefficient (Wildman–Crippen LogP) is 1.97. The molecule has 3 aromatic heterocycles. The molecule has 0 saturated heterocycles. The Morgan fingerprint density at radius 3 is 2.46 bits per heavy atom. The molecule has 0 aliphatic heterocycles. The first-order valence-electron chi connectivity index (χ1n) is 8.15. The van der Waals surface area contributed by atoms with Crippen LogP contribution in [0.2, 0.25) is 0 Å². The van der Waals surface area contributed by atoms with Gasteiger partial charge in [0.1, 0.15) is 4.83 Å². The number of carboxylic acid groups (broad SMARTS) is 1. The van der Waals surface area contributed by atoms with Crippen LogP contribution in [0.1, 0.15) is 52.1 Å². The van der Waals surface area contributed by atoms with Gasteiger partial charge in [0.2, 0.25) is 0 Å². The van der Waals surface area contributed by atoms with E-state index < -0.39 is 17.2 Å². The highest BCUT2D eigenvalue weighted by Crippen LogP contribution is 2.32. The van der Waals surface area contributed by atoms with Gasteiger partial charge in [-0.05, 0) is 27.7 Å². The second-order valence-electron chi connectivity index (χ2n) is 6.59. The Hall–Kier alpha value is -2.68. The summed E-state index contributed by atoms with van der Waals surface area (Å²) in [6.07, 6.45) is 0.338. The number of rotatable bonds is 4. The summed E-state index contributed by atoms with van der Waals surface area (Å²) < 4.78 is 2.45. The zero-order valence-corrected chi connectivity index (χ0v) is 16.0. The number of nitrogens with zero attached hydrogens (tertiary/aromatic N) is 3. The molecule has 3 aromatic rings. The summed E-state index contributed by atoms with van der Waals surface area (Å²) in [7, 11) is 1.37. The van der Waals surface area contributed by atoms with Crippen LogP contribution in [0.15, 0.2) is 9.59 Å². The number of H-pyrrole nitrogens is 1. The number of aromatic nitrogens is 4. The van der Waals surface area contributed by atoms with E-state index in [4.69, 9.17) is 0 Å². The molecule has 0 fully saturated rings. The number of aryl methyl sites for hydroxylation is 2. The van der Waals surface area contributed by atoms with Gasteiger partial charge < -0.3 is 5.11 Å². The summed E-state index contributed by atoms with van der Waals surface area (Å²) in [5.74, 6) is -1.17. The van der Waals surface area contributed by atoms with Gasteiger partial charge in [0.25, 0.3) is 5.56 Å². The molecule has 9 heteroatoms. The number of carboxylic acids is 1. The van der Waals surface area contributed by atoms with Crippen LogP contribution in [0, 0.1) is 13.8 Å². The van der Waals surface area contributed by atoms with Crippen molar-refractivity contribution in [2.75, 3.05) is 0 Å². The SMILES string of the molecule is Cc1n[nH]c(C)c1Cc1sc2c(c1C(=O)O)c(=O)n(C)c(=O)n2C(C)C. The molecule has 0 spiro atoms. The Bertz CT molecular complexity index is 1130. The van der Waals surface area contributed by atoms with Crippen LogP contribution in [0.25, 0.3) is 10.2 Å². The third-order valence-corrected chi connectivity index (χ3v) is 5.73. The van der Waals surface area contributed by atoms with Gasteiger partial charge in [-0.25, -0.2) is 9.59 Å². The van der Waals surface area contributed by atoms with E-state index in [0.717, 1.165) is 21.5 Å². The molecule has 0 aliphatic carbocycles. The molecule has 0 saturated carbocycles. The fraction of sp³-hybridized carbons (Fsp3) is 0.412. The number of carbonyl (C=O) groups is 1. The minimum Gasteiger partial charge on any atom is -0.478 e. The van der Waals surface area contributed by atoms with Crippen molar-refractivity contribution in [1.29, 1.82) is 0 Å². The summed E-state index contributed by atoms with van der Waals surface area (Å²) in [6.45, 7) is 7.37. The molecule has 0 bridgehead atoms. The lowest BCUT2D eigenvalue weighted by Gasteiger charge is -2.12. The van der Waals surface area contributed by atoms with Crippen LogP contribution in [0.3, 0.4) is 0 Å². The molecular formula is C17H20N4O4S. The van der Waals surface area contributed by atoms with Gasteiger partial charge in [-0.2, -0.15) is 5.10 Å². The lowest BCUT2D eigenvalue weighted by atomic mass is 10.1. The smallest absolute Gasteiger partial charge is 0.337 e. The van der Waals surface area contributed by atoms with Crippen LogP contribution in [-0.2, 0) is 13.5 Å². The monoisotopic (exact) mass is 376 g/mol. The van der Waals surface area contributed by atoms with E-state index in [0.29, 0.717) is 16.1 Å². The highest BCUT2D eigenvalue weighted by Gasteiger charge is 2.26. The molecule has 26 heavy (non-hydrogen) atoms. The number of fused-ring (bicyclic) bond motifs is 1. The Kier molecular flexibility index (Phi) is 4.35. The highest BCUT2D eigenvalue weighted by atomic mass is 32.1. The standard InChI is InChI=1S/C17H20N4O4S/c1-7(2)21-15-13(14(22)20(5)17(21)25)12(16(23)24)11(26-15)6-10-8(3)18-19-9(10)4/h7H,6H2,1-5H3,(H,18,19)(H,23,24). The van der Waals surface area contributed by atoms with Crippen molar-refractivity contribution >= 4 is 27.5 Å². The molecule has 8 nitrogen and oxygen atoms in total. The maximum atomic E-state index is 12.7. The topological polar surface area (TPSA) is 110 Å². The largest absolute Gasteiger partial charge is 0.478 e. The van der Waals surface area contributed by atoms with Crippen molar-refractivity contribution in [3.8, 4) is 0 Å². The second kappa shape index (κ2) is 6.24. The first kappa shape index (κ1) is 18.1. The highest BCUT2D eigenvalue weighted by molar-refractivity contribution is 7.19. The van der Waals surface area contributed by atoms with E-state index in [9.17, 15) is 19.5 Å². The van der Waals surface area contributed by atoms with E-state index >= 15 is 0 Å². The van der Waals surface area contributed by atoms with E-state index in [2.05, 4.69) is 10.2 Å². The first-order chi connectivity index (χ1) is 12.1. The quantitative estimate of drug-likeness (QED) is 0.723.